The van der Waals surface area contributed by atoms with Crippen molar-refractivity contribution in [3.05, 3.63) is 92.7 Å². The number of nitro benzene ring substituents is 1. The van der Waals surface area contributed by atoms with Crippen LogP contribution in [-0.4, -0.2) is 28.8 Å². The first-order valence-electron chi connectivity index (χ1n) is 8.54. The zero-order valence-corrected chi connectivity index (χ0v) is 15.4. The molecule has 3 rings (SSSR count). The van der Waals surface area contributed by atoms with Gasteiger partial charge in [0.25, 0.3) is 11.6 Å². The third kappa shape index (κ3) is 3.55. The fourth-order valence-electron chi connectivity index (χ4n) is 3.12. The van der Waals surface area contributed by atoms with Crippen LogP contribution in [0.3, 0.4) is 0 Å². The van der Waals surface area contributed by atoms with E-state index in [9.17, 15) is 19.7 Å². The van der Waals surface area contributed by atoms with E-state index in [0.717, 1.165) is 5.56 Å². The molecular formula is C21H18N2O5. The Hall–Kier alpha value is -3.74. The molecule has 0 saturated heterocycles. The Morgan fingerprint density at radius 2 is 1.79 bits per heavy atom. The van der Waals surface area contributed by atoms with Crippen LogP contribution in [0.1, 0.15) is 18.1 Å². The number of hydrogen-bond acceptors (Lipinski definition) is 5. The van der Waals surface area contributed by atoms with E-state index in [4.69, 9.17) is 4.74 Å². The lowest BCUT2D eigenvalue weighted by molar-refractivity contribution is -0.385. The number of rotatable bonds is 5. The van der Waals surface area contributed by atoms with Crippen molar-refractivity contribution in [1.82, 2.24) is 4.90 Å². The fourth-order valence-corrected chi connectivity index (χ4v) is 3.12. The maximum absolute atomic E-state index is 13.1. The zero-order valence-electron chi connectivity index (χ0n) is 15.4. The van der Waals surface area contributed by atoms with Crippen molar-refractivity contribution in [3.63, 3.8) is 0 Å². The highest BCUT2D eigenvalue weighted by Crippen LogP contribution is 2.34. The van der Waals surface area contributed by atoms with Gasteiger partial charge in [-0.25, -0.2) is 4.79 Å². The number of nitro groups is 1. The lowest BCUT2D eigenvalue weighted by Gasteiger charge is -2.17. The first-order valence-corrected chi connectivity index (χ1v) is 8.54. The van der Waals surface area contributed by atoms with Crippen LogP contribution >= 0.6 is 0 Å². The lowest BCUT2D eigenvalue weighted by Crippen LogP contribution is -2.24. The molecule has 28 heavy (non-hydrogen) atoms. The summed E-state index contributed by atoms with van der Waals surface area (Å²) in [5.74, 6) is -1.06. The van der Waals surface area contributed by atoms with Gasteiger partial charge in [-0.15, -0.1) is 0 Å². The third-order valence-corrected chi connectivity index (χ3v) is 4.52. The van der Waals surface area contributed by atoms with Gasteiger partial charge >= 0.3 is 5.97 Å². The monoisotopic (exact) mass is 378 g/mol. The molecular weight excluding hydrogens is 360 g/mol. The molecule has 0 saturated carbocycles. The molecule has 2 aromatic rings. The summed E-state index contributed by atoms with van der Waals surface area (Å²) in [6.45, 7) is 1.94. The van der Waals surface area contributed by atoms with Crippen molar-refractivity contribution in [3.8, 4) is 0 Å². The van der Waals surface area contributed by atoms with Gasteiger partial charge in [0.05, 0.1) is 35.3 Å². The first kappa shape index (κ1) is 19.0. The molecule has 0 unspecified atom stereocenters. The highest BCUT2D eigenvalue weighted by molar-refractivity contribution is 6.16. The van der Waals surface area contributed by atoms with Crippen LogP contribution in [0.5, 0.6) is 0 Å². The SMILES string of the molecule is COC(=O)C1=C(C)N(Cc2ccccc2)C(=O)C1=Cc1ccccc1[N+](=O)[O-]. The smallest absolute Gasteiger partial charge is 0.340 e. The Labute approximate surface area is 161 Å². The summed E-state index contributed by atoms with van der Waals surface area (Å²) in [4.78, 5) is 37.7. The van der Waals surface area contributed by atoms with Gasteiger partial charge < -0.3 is 9.64 Å². The van der Waals surface area contributed by atoms with E-state index in [1.54, 1.807) is 19.1 Å². The third-order valence-electron chi connectivity index (χ3n) is 4.52. The van der Waals surface area contributed by atoms with Crippen molar-refractivity contribution in [1.29, 1.82) is 0 Å². The van der Waals surface area contributed by atoms with Gasteiger partial charge in [-0.1, -0.05) is 42.5 Å². The normalized spacial score (nSPS) is 15.3. The Morgan fingerprint density at radius 1 is 1.14 bits per heavy atom. The second kappa shape index (κ2) is 7.87. The summed E-state index contributed by atoms with van der Waals surface area (Å²) in [7, 11) is 1.23. The number of amides is 1. The molecule has 0 aliphatic carbocycles. The lowest BCUT2D eigenvalue weighted by atomic mass is 10.0. The number of carbonyl (C=O) groups is 2. The van der Waals surface area contributed by atoms with Crippen LogP contribution in [0, 0.1) is 10.1 Å². The minimum atomic E-state index is -0.661. The average molecular weight is 378 g/mol. The predicted molar refractivity (Wildman–Crippen MR) is 103 cm³/mol. The summed E-state index contributed by atoms with van der Waals surface area (Å²) < 4.78 is 4.85. The highest BCUT2D eigenvalue weighted by atomic mass is 16.6. The van der Waals surface area contributed by atoms with E-state index in [1.165, 1.54) is 30.2 Å². The first-order chi connectivity index (χ1) is 13.4. The maximum atomic E-state index is 13.1. The molecule has 2 aromatic carbocycles. The van der Waals surface area contributed by atoms with Gasteiger partial charge in [-0.2, -0.15) is 0 Å². The van der Waals surface area contributed by atoms with Gasteiger partial charge in [0.2, 0.25) is 0 Å². The van der Waals surface area contributed by atoms with Crippen LogP contribution < -0.4 is 0 Å². The number of methoxy groups -OCH3 is 1. The summed E-state index contributed by atoms with van der Waals surface area (Å²) >= 11 is 0. The molecule has 1 aliphatic rings. The Kier molecular flexibility index (Phi) is 5.35. The van der Waals surface area contributed by atoms with Crippen LogP contribution in [0.15, 0.2) is 71.4 Å². The predicted octanol–water partition coefficient (Wildman–Crippen LogP) is 3.47. The Balaban J connectivity index is 2.09. The van der Waals surface area contributed by atoms with Crippen LogP contribution in [-0.2, 0) is 20.9 Å². The van der Waals surface area contributed by atoms with Gasteiger partial charge in [0.1, 0.15) is 0 Å². The molecule has 0 N–H and O–H groups in total. The van der Waals surface area contributed by atoms with Crippen molar-refractivity contribution in [2.24, 2.45) is 0 Å². The molecule has 1 aliphatic heterocycles. The minimum Gasteiger partial charge on any atom is -0.465 e. The molecule has 0 fully saturated rings. The van der Waals surface area contributed by atoms with Crippen LogP contribution in [0.4, 0.5) is 5.69 Å². The van der Waals surface area contributed by atoms with Gasteiger partial charge in [0.15, 0.2) is 0 Å². The molecule has 0 atom stereocenters. The molecule has 1 heterocycles. The number of benzene rings is 2. The topological polar surface area (TPSA) is 89.8 Å². The standard InChI is InChI=1S/C21H18N2O5/c1-14-19(21(25)28-2)17(12-16-10-6-7-11-18(16)23(26)27)20(24)22(14)13-15-8-4-3-5-9-15/h3-12H,13H2,1-2H3. The molecule has 1 amide bonds. The number of nitrogens with zero attached hydrogens (tertiary/aromatic N) is 2. The second-order valence-corrected chi connectivity index (χ2v) is 6.20. The molecule has 0 spiro atoms. The van der Waals surface area contributed by atoms with E-state index in [1.807, 2.05) is 30.3 Å². The fraction of sp³-hybridized carbons (Fsp3) is 0.143. The summed E-state index contributed by atoms with van der Waals surface area (Å²) in [5.41, 5.74) is 1.63. The van der Waals surface area contributed by atoms with Gasteiger partial charge in [0, 0.05) is 11.8 Å². The molecule has 0 aromatic heterocycles. The molecule has 7 nitrogen and oxygen atoms in total. The molecule has 0 bridgehead atoms. The van der Waals surface area contributed by atoms with E-state index in [2.05, 4.69) is 0 Å². The minimum absolute atomic E-state index is 0.0783. The number of para-hydroxylation sites is 1. The highest BCUT2D eigenvalue weighted by Gasteiger charge is 2.37. The van der Waals surface area contributed by atoms with Crippen molar-refractivity contribution >= 4 is 23.6 Å². The Morgan fingerprint density at radius 3 is 2.43 bits per heavy atom. The quantitative estimate of drug-likeness (QED) is 0.344. The summed E-state index contributed by atoms with van der Waals surface area (Å²) in [6, 6.07) is 15.4. The number of esters is 1. The maximum Gasteiger partial charge on any atom is 0.340 e. The van der Waals surface area contributed by atoms with Crippen molar-refractivity contribution in [2.75, 3.05) is 7.11 Å². The molecule has 7 heteroatoms. The summed E-state index contributed by atoms with van der Waals surface area (Å²) in [5, 5.41) is 11.3. The number of ether oxygens (including phenoxy) is 1. The largest absolute Gasteiger partial charge is 0.465 e. The van der Waals surface area contributed by atoms with Crippen LogP contribution in [0.2, 0.25) is 0 Å². The molecule has 142 valence electrons. The van der Waals surface area contributed by atoms with Gasteiger partial charge in [-0.3, -0.25) is 14.9 Å². The van der Waals surface area contributed by atoms with E-state index in [-0.39, 0.29) is 28.9 Å². The number of allylic oxidation sites excluding steroid dienone is 1. The van der Waals surface area contributed by atoms with E-state index >= 15 is 0 Å². The number of hydrogen-bond donors (Lipinski definition) is 0. The summed E-state index contributed by atoms with van der Waals surface area (Å²) in [6.07, 6.45) is 1.38. The van der Waals surface area contributed by atoms with Crippen LogP contribution in [0.25, 0.3) is 6.08 Å². The van der Waals surface area contributed by atoms with Gasteiger partial charge in [-0.05, 0) is 24.6 Å². The zero-order chi connectivity index (χ0) is 20.3. The average Bonchev–Trinajstić information content (AvgIpc) is 2.93. The van der Waals surface area contributed by atoms with E-state index < -0.39 is 16.8 Å². The number of carbonyl (C=O) groups excluding carboxylic acids is 2. The van der Waals surface area contributed by atoms with E-state index in [0.29, 0.717) is 5.70 Å². The Bertz CT molecular complexity index is 1010. The second-order valence-electron chi connectivity index (χ2n) is 6.20. The van der Waals surface area contributed by atoms with Crippen molar-refractivity contribution < 1.29 is 19.2 Å². The molecule has 0 radical (unpaired) electrons. The van der Waals surface area contributed by atoms with Crippen molar-refractivity contribution in [2.45, 2.75) is 13.5 Å².